The van der Waals surface area contributed by atoms with Crippen LogP contribution in [0.5, 0.6) is 11.5 Å². The molecule has 4 nitrogen and oxygen atoms in total. The quantitative estimate of drug-likeness (QED) is 0.904. The van der Waals surface area contributed by atoms with E-state index in [1.165, 1.54) is 24.9 Å². The van der Waals surface area contributed by atoms with Crippen LogP contribution in [0, 0.1) is 0 Å². The molecule has 1 saturated heterocycles. The molecule has 2 fully saturated rings. The van der Waals surface area contributed by atoms with Crippen molar-refractivity contribution in [3.8, 4) is 11.5 Å². The fourth-order valence-electron chi connectivity index (χ4n) is 3.41. The van der Waals surface area contributed by atoms with Crippen LogP contribution in [0.3, 0.4) is 0 Å². The Bertz CT molecular complexity index is 450. The van der Waals surface area contributed by atoms with E-state index in [9.17, 15) is 0 Å². The maximum Gasteiger partial charge on any atom is 0.142 e. The highest BCUT2D eigenvalue weighted by Crippen LogP contribution is 2.37. The number of anilines is 1. The largest absolute Gasteiger partial charge is 0.497 e. The van der Waals surface area contributed by atoms with Crippen LogP contribution in [0.15, 0.2) is 18.2 Å². The van der Waals surface area contributed by atoms with Crippen molar-refractivity contribution in [2.45, 2.75) is 31.3 Å². The summed E-state index contributed by atoms with van der Waals surface area (Å²) < 4.78 is 10.9. The predicted molar refractivity (Wildman–Crippen MR) is 76.3 cm³/mol. The van der Waals surface area contributed by atoms with Crippen molar-refractivity contribution < 1.29 is 9.47 Å². The molecule has 1 saturated carbocycles. The lowest BCUT2D eigenvalue weighted by Gasteiger charge is -2.40. The Morgan fingerprint density at radius 1 is 1.21 bits per heavy atom. The molecule has 0 amide bonds. The zero-order valence-electron chi connectivity index (χ0n) is 11.7. The van der Waals surface area contributed by atoms with Gasteiger partial charge in [-0.25, -0.2) is 0 Å². The molecule has 1 heterocycles. The number of hydrogen-bond acceptors (Lipinski definition) is 4. The highest BCUT2D eigenvalue weighted by Gasteiger charge is 2.36. The number of methoxy groups -OCH3 is 2. The molecule has 1 N–H and O–H groups in total. The van der Waals surface area contributed by atoms with E-state index in [1.54, 1.807) is 14.2 Å². The molecule has 2 aliphatic rings. The summed E-state index contributed by atoms with van der Waals surface area (Å²) in [7, 11) is 3.45. The zero-order valence-corrected chi connectivity index (χ0v) is 11.7. The Kier molecular flexibility index (Phi) is 3.51. The van der Waals surface area contributed by atoms with Crippen LogP contribution in [0.1, 0.15) is 19.3 Å². The van der Waals surface area contributed by atoms with Gasteiger partial charge in [0.05, 0.1) is 19.9 Å². The smallest absolute Gasteiger partial charge is 0.142 e. The molecule has 0 spiro atoms. The van der Waals surface area contributed by atoms with Gasteiger partial charge in [0, 0.05) is 31.2 Å². The topological polar surface area (TPSA) is 33.7 Å². The van der Waals surface area contributed by atoms with Crippen molar-refractivity contribution in [2.24, 2.45) is 0 Å². The maximum atomic E-state index is 5.53. The zero-order chi connectivity index (χ0) is 13.2. The number of benzene rings is 1. The molecule has 2 atom stereocenters. The number of rotatable bonds is 3. The first kappa shape index (κ1) is 12.6. The van der Waals surface area contributed by atoms with Crippen molar-refractivity contribution in [3.63, 3.8) is 0 Å². The monoisotopic (exact) mass is 262 g/mol. The maximum absolute atomic E-state index is 5.53. The molecule has 3 rings (SSSR count). The second-order valence-electron chi connectivity index (χ2n) is 5.29. The number of ether oxygens (including phenoxy) is 2. The van der Waals surface area contributed by atoms with E-state index in [0.29, 0.717) is 12.1 Å². The first-order valence-electron chi connectivity index (χ1n) is 7.05. The Labute approximate surface area is 114 Å². The summed E-state index contributed by atoms with van der Waals surface area (Å²) in [4.78, 5) is 2.50. The first-order valence-corrected chi connectivity index (χ1v) is 7.05. The molecular formula is C15H22N2O2. The summed E-state index contributed by atoms with van der Waals surface area (Å²) in [6.45, 7) is 2.08. The first-order chi connectivity index (χ1) is 9.33. The van der Waals surface area contributed by atoms with Gasteiger partial charge in [-0.05, 0) is 31.4 Å². The molecule has 1 aliphatic heterocycles. The van der Waals surface area contributed by atoms with Gasteiger partial charge in [0.15, 0.2) is 0 Å². The third-order valence-corrected chi connectivity index (χ3v) is 4.33. The fraction of sp³-hybridized carbons (Fsp3) is 0.600. The normalized spacial score (nSPS) is 26.1. The van der Waals surface area contributed by atoms with Crippen LogP contribution >= 0.6 is 0 Å². The minimum absolute atomic E-state index is 0.592. The second-order valence-corrected chi connectivity index (χ2v) is 5.29. The number of nitrogens with zero attached hydrogens (tertiary/aromatic N) is 1. The van der Waals surface area contributed by atoms with Crippen LogP contribution in [0.25, 0.3) is 0 Å². The van der Waals surface area contributed by atoms with Gasteiger partial charge in [-0.1, -0.05) is 0 Å². The molecule has 0 aromatic heterocycles. The van der Waals surface area contributed by atoms with Crippen molar-refractivity contribution in [1.82, 2.24) is 5.32 Å². The molecular weight excluding hydrogens is 240 g/mol. The standard InChI is InChI=1S/C15H22N2O2/c1-18-11-6-7-15(19-2)14(10-11)17-9-8-16-12-4-3-5-13(12)17/h6-7,10,12-13,16H,3-5,8-9H2,1-2H3/t12-,13+/m1/s1. The number of nitrogens with one attached hydrogen (secondary N) is 1. The van der Waals surface area contributed by atoms with Gasteiger partial charge in [-0.3, -0.25) is 0 Å². The summed E-state index contributed by atoms with van der Waals surface area (Å²) in [5.74, 6) is 1.83. The molecule has 0 bridgehead atoms. The van der Waals surface area contributed by atoms with Crippen molar-refractivity contribution in [2.75, 3.05) is 32.2 Å². The van der Waals surface area contributed by atoms with Crippen LogP contribution in [-0.2, 0) is 0 Å². The molecule has 19 heavy (non-hydrogen) atoms. The van der Waals surface area contributed by atoms with Gasteiger partial charge in [0.1, 0.15) is 11.5 Å². The van der Waals surface area contributed by atoms with Crippen LogP contribution in [0.2, 0.25) is 0 Å². The minimum atomic E-state index is 0.592. The van der Waals surface area contributed by atoms with E-state index in [1.807, 2.05) is 12.1 Å². The van der Waals surface area contributed by atoms with E-state index < -0.39 is 0 Å². The molecule has 1 aromatic rings. The lowest BCUT2D eigenvalue weighted by atomic mass is 10.1. The number of hydrogen-bond donors (Lipinski definition) is 1. The van der Waals surface area contributed by atoms with Crippen molar-refractivity contribution in [1.29, 1.82) is 0 Å². The number of piperazine rings is 1. The third-order valence-electron chi connectivity index (χ3n) is 4.33. The van der Waals surface area contributed by atoms with Crippen molar-refractivity contribution in [3.05, 3.63) is 18.2 Å². The van der Waals surface area contributed by atoms with Crippen LogP contribution in [0.4, 0.5) is 5.69 Å². The summed E-state index contributed by atoms with van der Waals surface area (Å²) in [6, 6.07) is 7.27. The predicted octanol–water partition coefficient (Wildman–Crippen LogP) is 2.03. The molecule has 4 heteroatoms. The Balaban J connectivity index is 1.95. The van der Waals surface area contributed by atoms with Crippen molar-refractivity contribution >= 4 is 5.69 Å². The van der Waals surface area contributed by atoms with Gasteiger partial charge in [0.2, 0.25) is 0 Å². The summed E-state index contributed by atoms with van der Waals surface area (Å²) in [5.41, 5.74) is 1.17. The molecule has 0 unspecified atom stereocenters. The third kappa shape index (κ3) is 2.25. The van der Waals surface area contributed by atoms with Crippen LogP contribution in [-0.4, -0.2) is 39.4 Å². The van der Waals surface area contributed by atoms with Gasteiger partial charge < -0.3 is 19.7 Å². The highest BCUT2D eigenvalue weighted by molar-refractivity contribution is 5.63. The molecule has 1 aromatic carbocycles. The van der Waals surface area contributed by atoms with Gasteiger partial charge in [-0.15, -0.1) is 0 Å². The lowest BCUT2D eigenvalue weighted by Crippen LogP contribution is -2.55. The fourth-order valence-corrected chi connectivity index (χ4v) is 3.41. The number of fused-ring (bicyclic) bond motifs is 1. The van der Waals surface area contributed by atoms with E-state index in [2.05, 4.69) is 16.3 Å². The Morgan fingerprint density at radius 3 is 2.89 bits per heavy atom. The van der Waals surface area contributed by atoms with Gasteiger partial charge >= 0.3 is 0 Å². The van der Waals surface area contributed by atoms with Gasteiger partial charge in [-0.2, -0.15) is 0 Å². The lowest BCUT2D eigenvalue weighted by molar-refractivity contribution is 0.382. The van der Waals surface area contributed by atoms with E-state index in [4.69, 9.17) is 9.47 Å². The molecule has 1 aliphatic carbocycles. The highest BCUT2D eigenvalue weighted by atomic mass is 16.5. The van der Waals surface area contributed by atoms with E-state index in [0.717, 1.165) is 24.6 Å². The average molecular weight is 262 g/mol. The van der Waals surface area contributed by atoms with Gasteiger partial charge in [0.25, 0.3) is 0 Å². The molecule has 0 radical (unpaired) electrons. The van der Waals surface area contributed by atoms with E-state index >= 15 is 0 Å². The summed E-state index contributed by atoms with van der Waals surface area (Å²) >= 11 is 0. The minimum Gasteiger partial charge on any atom is -0.497 e. The van der Waals surface area contributed by atoms with E-state index in [-0.39, 0.29) is 0 Å². The summed E-state index contributed by atoms with van der Waals surface area (Å²) in [6.07, 6.45) is 3.86. The SMILES string of the molecule is COc1ccc(OC)c(N2CCN[C@@H]3CCC[C@@H]32)c1. The molecule has 104 valence electrons. The average Bonchev–Trinajstić information content (AvgIpc) is 2.94. The Hall–Kier alpha value is -1.42. The Morgan fingerprint density at radius 2 is 2.11 bits per heavy atom. The van der Waals surface area contributed by atoms with Crippen LogP contribution < -0.4 is 19.7 Å². The summed E-state index contributed by atoms with van der Waals surface area (Å²) in [5, 5.41) is 3.63. The second kappa shape index (κ2) is 5.29.